The van der Waals surface area contributed by atoms with Gasteiger partial charge in [-0.25, -0.2) is 0 Å². The Hall–Kier alpha value is -1.35. The average Bonchev–Trinajstić information content (AvgIpc) is 3.01. The van der Waals surface area contributed by atoms with Gasteiger partial charge < -0.3 is 10.4 Å². The van der Waals surface area contributed by atoms with Crippen LogP contribution in [-0.2, 0) is 11.3 Å². The van der Waals surface area contributed by atoms with E-state index < -0.39 is 5.97 Å². The molecule has 4 atom stereocenters. The Kier molecular flexibility index (Phi) is 3.78. The van der Waals surface area contributed by atoms with Crippen molar-refractivity contribution in [2.24, 2.45) is 17.8 Å². The van der Waals surface area contributed by atoms with Gasteiger partial charge in [-0.3, -0.25) is 4.79 Å². The predicted octanol–water partition coefficient (Wildman–Crippen LogP) is 3.20. The first kappa shape index (κ1) is 14.6. The molecule has 3 rings (SSSR count). The minimum atomic E-state index is -0.614. The number of hydrogen-bond donors (Lipinski definition) is 2. The van der Waals surface area contributed by atoms with Crippen molar-refractivity contribution in [2.45, 2.75) is 52.6 Å². The first-order valence-corrected chi connectivity index (χ1v) is 8.00. The highest BCUT2D eigenvalue weighted by Crippen LogP contribution is 2.48. The highest BCUT2D eigenvalue weighted by molar-refractivity contribution is 5.72. The van der Waals surface area contributed by atoms with Gasteiger partial charge in [-0.1, -0.05) is 12.1 Å². The van der Waals surface area contributed by atoms with Gasteiger partial charge in [0.15, 0.2) is 0 Å². The minimum absolute atomic E-state index is 0.155. The van der Waals surface area contributed by atoms with Crippen molar-refractivity contribution in [2.75, 3.05) is 0 Å². The topological polar surface area (TPSA) is 49.3 Å². The Morgan fingerprint density at radius 1 is 1.14 bits per heavy atom. The van der Waals surface area contributed by atoms with E-state index in [4.69, 9.17) is 0 Å². The van der Waals surface area contributed by atoms with Gasteiger partial charge >= 0.3 is 5.97 Å². The number of nitrogens with one attached hydrogen (secondary N) is 1. The van der Waals surface area contributed by atoms with Crippen LogP contribution in [-0.4, -0.2) is 17.1 Å². The fourth-order valence-electron chi connectivity index (χ4n) is 4.38. The lowest BCUT2D eigenvalue weighted by Crippen LogP contribution is -2.43. The summed E-state index contributed by atoms with van der Waals surface area (Å²) in [5, 5.41) is 13.1. The van der Waals surface area contributed by atoms with E-state index in [-0.39, 0.29) is 12.0 Å². The van der Waals surface area contributed by atoms with E-state index in [9.17, 15) is 9.90 Å². The van der Waals surface area contributed by atoms with E-state index in [2.05, 4.69) is 38.2 Å². The van der Waals surface area contributed by atoms with E-state index in [0.717, 1.165) is 19.4 Å². The highest BCUT2D eigenvalue weighted by atomic mass is 16.4. The molecule has 0 saturated heterocycles. The van der Waals surface area contributed by atoms with E-state index in [1.165, 1.54) is 28.7 Å². The number of carboxylic acid groups (broad SMARTS) is 1. The van der Waals surface area contributed by atoms with Crippen LogP contribution in [0.4, 0.5) is 0 Å². The van der Waals surface area contributed by atoms with Crippen LogP contribution in [0, 0.1) is 38.5 Å². The molecule has 2 aliphatic rings. The van der Waals surface area contributed by atoms with Crippen LogP contribution < -0.4 is 5.32 Å². The van der Waals surface area contributed by atoms with Gasteiger partial charge in [0.2, 0.25) is 0 Å². The van der Waals surface area contributed by atoms with Crippen molar-refractivity contribution >= 4 is 5.97 Å². The Labute approximate surface area is 126 Å². The molecule has 0 heterocycles. The van der Waals surface area contributed by atoms with Crippen molar-refractivity contribution in [3.05, 3.63) is 34.4 Å². The number of hydrogen-bond acceptors (Lipinski definition) is 2. The normalized spacial score (nSPS) is 30.8. The first-order chi connectivity index (χ1) is 9.97. The number of benzene rings is 1. The molecule has 2 aliphatic carbocycles. The number of rotatable bonds is 4. The van der Waals surface area contributed by atoms with Crippen molar-refractivity contribution < 1.29 is 9.90 Å². The van der Waals surface area contributed by atoms with Crippen LogP contribution >= 0.6 is 0 Å². The number of aryl methyl sites for hydroxylation is 3. The molecule has 1 aromatic rings. The number of carbonyl (C=O) groups is 1. The lowest BCUT2D eigenvalue weighted by Gasteiger charge is -2.29. The highest BCUT2D eigenvalue weighted by Gasteiger charge is 2.50. The molecule has 3 heteroatoms. The fourth-order valence-corrected chi connectivity index (χ4v) is 4.38. The zero-order chi connectivity index (χ0) is 15.1. The van der Waals surface area contributed by atoms with Crippen molar-refractivity contribution in [1.29, 1.82) is 0 Å². The lowest BCUT2D eigenvalue weighted by molar-refractivity contribution is -0.144. The van der Waals surface area contributed by atoms with Gasteiger partial charge in [-0.2, -0.15) is 0 Å². The number of fused-ring (bicyclic) bond motifs is 2. The molecule has 4 unspecified atom stereocenters. The van der Waals surface area contributed by atoms with E-state index in [1.807, 2.05) is 0 Å². The van der Waals surface area contributed by atoms with Crippen molar-refractivity contribution in [3.63, 3.8) is 0 Å². The summed E-state index contributed by atoms with van der Waals surface area (Å²) in [6.45, 7) is 7.19. The molecule has 0 aliphatic heterocycles. The van der Waals surface area contributed by atoms with Crippen molar-refractivity contribution in [3.8, 4) is 0 Å². The summed E-state index contributed by atoms with van der Waals surface area (Å²) in [6.07, 6.45) is 3.39. The van der Waals surface area contributed by atoms with Gasteiger partial charge in [-0.05, 0) is 74.1 Å². The maximum atomic E-state index is 11.5. The molecular formula is C18H25NO2. The Morgan fingerprint density at radius 2 is 1.81 bits per heavy atom. The van der Waals surface area contributed by atoms with Gasteiger partial charge in [0.05, 0.1) is 5.92 Å². The standard InChI is InChI=1S/C18H25NO2/c1-10-6-12(3)15(7-11(10)2)9-19-17-14-5-4-13(8-14)16(17)18(20)21/h6-7,13-14,16-17,19H,4-5,8-9H2,1-3H3,(H,20,21). The monoisotopic (exact) mass is 287 g/mol. The second-order valence-electron chi connectivity index (χ2n) is 6.97. The van der Waals surface area contributed by atoms with Crippen LogP contribution in [0.5, 0.6) is 0 Å². The van der Waals surface area contributed by atoms with Crippen LogP contribution in [0.1, 0.15) is 41.5 Å². The van der Waals surface area contributed by atoms with Gasteiger partial charge in [0, 0.05) is 12.6 Å². The smallest absolute Gasteiger partial charge is 0.308 e. The van der Waals surface area contributed by atoms with Crippen molar-refractivity contribution in [1.82, 2.24) is 5.32 Å². The van der Waals surface area contributed by atoms with Gasteiger partial charge in [0.1, 0.15) is 0 Å². The molecule has 2 N–H and O–H groups in total. The number of aliphatic carboxylic acids is 1. The molecule has 0 spiro atoms. The van der Waals surface area contributed by atoms with E-state index in [1.54, 1.807) is 0 Å². The van der Waals surface area contributed by atoms with Gasteiger partial charge in [-0.15, -0.1) is 0 Å². The molecule has 2 bridgehead atoms. The Morgan fingerprint density at radius 3 is 2.52 bits per heavy atom. The summed E-state index contributed by atoms with van der Waals surface area (Å²) in [7, 11) is 0. The predicted molar refractivity (Wildman–Crippen MR) is 83.2 cm³/mol. The van der Waals surface area contributed by atoms with Crippen LogP contribution in [0.2, 0.25) is 0 Å². The summed E-state index contributed by atoms with van der Waals surface area (Å²) in [6, 6.07) is 4.62. The quantitative estimate of drug-likeness (QED) is 0.894. The maximum Gasteiger partial charge on any atom is 0.308 e. The van der Waals surface area contributed by atoms with Crippen LogP contribution in [0.15, 0.2) is 12.1 Å². The molecule has 2 fully saturated rings. The summed E-state index contributed by atoms with van der Waals surface area (Å²) < 4.78 is 0. The van der Waals surface area contributed by atoms with E-state index >= 15 is 0 Å². The summed E-state index contributed by atoms with van der Waals surface area (Å²) >= 11 is 0. The maximum absolute atomic E-state index is 11.5. The van der Waals surface area contributed by atoms with Crippen LogP contribution in [0.25, 0.3) is 0 Å². The Balaban J connectivity index is 1.73. The third kappa shape index (κ3) is 2.59. The Bertz CT molecular complexity index is 567. The molecular weight excluding hydrogens is 262 g/mol. The third-order valence-electron chi connectivity index (χ3n) is 5.68. The fraction of sp³-hybridized carbons (Fsp3) is 0.611. The second kappa shape index (κ2) is 5.45. The molecule has 0 radical (unpaired) electrons. The molecule has 3 nitrogen and oxygen atoms in total. The summed E-state index contributed by atoms with van der Waals surface area (Å²) in [5.74, 6) is 0.154. The zero-order valence-corrected chi connectivity index (χ0v) is 13.1. The molecule has 21 heavy (non-hydrogen) atoms. The molecule has 114 valence electrons. The number of carboxylic acids is 1. The van der Waals surface area contributed by atoms with Crippen LogP contribution in [0.3, 0.4) is 0 Å². The second-order valence-corrected chi connectivity index (χ2v) is 6.97. The molecule has 0 aromatic heterocycles. The average molecular weight is 287 g/mol. The molecule has 1 aromatic carbocycles. The third-order valence-corrected chi connectivity index (χ3v) is 5.68. The lowest BCUT2D eigenvalue weighted by atomic mass is 9.84. The molecule has 2 saturated carbocycles. The minimum Gasteiger partial charge on any atom is -0.481 e. The summed E-state index contributed by atoms with van der Waals surface area (Å²) in [5.41, 5.74) is 5.21. The SMILES string of the molecule is Cc1cc(C)c(CNC2C3CCC(C3)C2C(=O)O)cc1C. The van der Waals surface area contributed by atoms with E-state index in [0.29, 0.717) is 11.8 Å². The zero-order valence-electron chi connectivity index (χ0n) is 13.1. The first-order valence-electron chi connectivity index (χ1n) is 8.00. The largest absolute Gasteiger partial charge is 0.481 e. The molecule has 0 amide bonds. The summed E-state index contributed by atoms with van der Waals surface area (Å²) in [4.78, 5) is 11.5. The van der Waals surface area contributed by atoms with Gasteiger partial charge in [0.25, 0.3) is 0 Å².